The second kappa shape index (κ2) is 6.78. The molecule has 7 heteroatoms. The second-order valence-electron chi connectivity index (χ2n) is 3.61. The van der Waals surface area contributed by atoms with Gasteiger partial charge in [0.1, 0.15) is 5.25 Å². The minimum Gasteiger partial charge on any atom is -0.468 e. The monoisotopic (exact) mass is 282 g/mol. The summed E-state index contributed by atoms with van der Waals surface area (Å²) in [4.78, 5) is 11.4. The van der Waals surface area contributed by atoms with E-state index in [0.717, 1.165) is 0 Å². The average molecular weight is 282 g/mol. The second-order valence-corrected chi connectivity index (χ2v) is 7.17. The normalized spacial score (nSPS) is 24.9. The zero-order chi connectivity index (χ0) is 12.9. The molecular formula is C10H19O5PS. The summed E-state index contributed by atoms with van der Waals surface area (Å²) >= 11 is 1.45. The maximum Gasteiger partial charge on any atom is 0.334 e. The van der Waals surface area contributed by atoms with Gasteiger partial charge in [0.25, 0.3) is 0 Å². The topological polar surface area (TPSA) is 61.8 Å². The smallest absolute Gasteiger partial charge is 0.334 e. The van der Waals surface area contributed by atoms with Crippen molar-refractivity contribution < 1.29 is 23.1 Å². The van der Waals surface area contributed by atoms with Crippen LogP contribution in [-0.2, 0) is 23.1 Å². The van der Waals surface area contributed by atoms with E-state index >= 15 is 0 Å². The third-order valence-corrected chi connectivity index (χ3v) is 6.66. The van der Waals surface area contributed by atoms with Crippen molar-refractivity contribution >= 4 is 25.3 Å². The fourth-order valence-corrected chi connectivity index (χ4v) is 5.74. The van der Waals surface area contributed by atoms with Gasteiger partial charge < -0.3 is 13.8 Å². The van der Waals surface area contributed by atoms with Crippen LogP contribution in [0, 0.1) is 0 Å². The van der Waals surface area contributed by atoms with Crippen LogP contribution in [0.3, 0.4) is 0 Å². The van der Waals surface area contributed by atoms with Crippen molar-refractivity contribution in [2.75, 3.05) is 26.1 Å². The summed E-state index contributed by atoms with van der Waals surface area (Å²) in [5, 5.41) is -0.251. The SMILES string of the molecule is CCOP(=O)(OCC)[C@@H]1CS[C@H](C(=O)OC)C1. The van der Waals surface area contributed by atoms with Gasteiger partial charge in [0.05, 0.1) is 26.0 Å². The zero-order valence-corrected chi connectivity index (χ0v) is 12.1. The number of methoxy groups -OCH3 is 1. The third-order valence-electron chi connectivity index (χ3n) is 2.51. The fraction of sp³-hybridized carbons (Fsp3) is 0.900. The lowest BCUT2D eigenvalue weighted by Gasteiger charge is -2.22. The lowest BCUT2D eigenvalue weighted by molar-refractivity contribution is -0.139. The molecule has 100 valence electrons. The van der Waals surface area contributed by atoms with Gasteiger partial charge in [-0.05, 0) is 20.3 Å². The Bertz CT molecular complexity index is 299. The van der Waals surface area contributed by atoms with Gasteiger partial charge in [-0.3, -0.25) is 9.36 Å². The highest BCUT2D eigenvalue weighted by atomic mass is 32.2. The van der Waals surface area contributed by atoms with E-state index in [2.05, 4.69) is 4.74 Å². The highest BCUT2D eigenvalue weighted by Crippen LogP contribution is 2.58. The number of hydrogen-bond acceptors (Lipinski definition) is 6. The summed E-state index contributed by atoms with van der Waals surface area (Å²) in [6.45, 7) is 4.26. The van der Waals surface area contributed by atoms with Crippen molar-refractivity contribution in [3.63, 3.8) is 0 Å². The molecule has 0 aromatic heterocycles. The van der Waals surface area contributed by atoms with Crippen LogP contribution in [0.5, 0.6) is 0 Å². The minimum atomic E-state index is -3.08. The first-order chi connectivity index (χ1) is 8.07. The molecule has 0 spiro atoms. The molecule has 0 aliphatic carbocycles. The van der Waals surface area contributed by atoms with Gasteiger partial charge in [-0.1, -0.05) is 0 Å². The standard InChI is InChI=1S/C10H19O5PS/c1-4-14-16(12,15-5-2)8-6-9(17-7-8)10(11)13-3/h8-9H,4-7H2,1-3H3/t8-,9-/m0/s1. The molecule has 0 radical (unpaired) electrons. The largest absolute Gasteiger partial charge is 0.468 e. The van der Waals surface area contributed by atoms with Gasteiger partial charge in [-0.2, -0.15) is 0 Å². The first-order valence-corrected chi connectivity index (χ1v) is 8.31. The highest BCUT2D eigenvalue weighted by Gasteiger charge is 2.43. The third kappa shape index (κ3) is 3.71. The van der Waals surface area contributed by atoms with E-state index < -0.39 is 7.60 Å². The van der Waals surface area contributed by atoms with Crippen LogP contribution in [0.2, 0.25) is 0 Å². The van der Waals surface area contributed by atoms with E-state index in [1.807, 2.05) is 0 Å². The number of thioether (sulfide) groups is 1. The average Bonchev–Trinajstić information content (AvgIpc) is 2.78. The molecule has 0 bridgehead atoms. The molecule has 0 aromatic carbocycles. The Morgan fingerprint density at radius 2 is 1.94 bits per heavy atom. The molecule has 5 nitrogen and oxygen atoms in total. The molecule has 1 aliphatic heterocycles. The maximum atomic E-state index is 12.5. The van der Waals surface area contributed by atoms with Gasteiger partial charge >= 0.3 is 13.6 Å². The van der Waals surface area contributed by atoms with E-state index in [0.29, 0.717) is 25.4 Å². The van der Waals surface area contributed by atoms with Gasteiger partial charge in [-0.25, -0.2) is 0 Å². The van der Waals surface area contributed by atoms with E-state index in [1.165, 1.54) is 18.9 Å². The molecular weight excluding hydrogens is 263 g/mol. The zero-order valence-electron chi connectivity index (χ0n) is 10.4. The van der Waals surface area contributed by atoms with E-state index in [4.69, 9.17) is 9.05 Å². The molecule has 0 N–H and O–H groups in total. The number of carbonyl (C=O) groups is 1. The van der Waals surface area contributed by atoms with Crippen LogP contribution in [0.15, 0.2) is 0 Å². The molecule has 1 saturated heterocycles. The highest BCUT2D eigenvalue weighted by molar-refractivity contribution is 8.01. The first kappa shape index (κ1) is 15.0. The van der Waals surface area contributed by atoms with Crippen molar-refractivity contribution in [1.82, 2.24) is 0 Å². The predicted molar refractivity (Wildman–Crippen MR) is 67.5 cm³/mol. The van der Waals surface area contributed by atoms with E-state index in [1.54, 1.807) is 13.8 Å². The van der Waals surface area contributed by atoms with Crippen LogP contribution >= 0.6 is 19.4 Å². The van der Waals surface area contributed by atoms with Crippen LogP contribution in [-0.4, -0.2) is 43.0 Å². The Balaban J connectivity index is 2.66. The molecule has 0 saturated carbocycles. The number of esters is 1. The summed E-state index contributed by atoms with van der Waals surface area (Å²) in [7, 11) is -1.72. The molecule has 0 aromatic rings. The molecule has 1 heterocycles. The Kier molecular flexibility index (Phi) is 6.00. The quantitative estimate of drug-likeness (QED) is 0.550. The number of carbonyl (C=O) groups excluding carboxylic acids is 1. The molecule has 2 atom stereocenters. The number of hydrogen-bond donors (Lipinski definition) is 0. The molecule has 1 rings (SSSR count). The Labute approximate surface area is 106 Å². The van der Waals surface area contributed by atoms with E-state index in [9.17, 15) is 9.36 Å². The van der Waals surface area contributed by atoms with Crippen molar-refractivity contribution in [3.05, 3.63) is 0 Å². The van der Waals surface area contributed by atoms with Gasteiger partial charge in [0.15, 0.2) is 0 Å². The van der Waals surface area contributed by atoms with Crippen LogP contribution < -0.4 is 0 Å². The van der Waals surface area contributed by atoms with Crippen molar-refractivity contribution in [3.8, 4) is 0 Å². The first-order valence-electron chi connectivity index (χ1n) is 5.65. The summed E-state index contributed by atoms with van der Waals surface area (Å²) in [6.07, 6.45) is 0.495. The lowest BCUT2D eigenvalue weighted by Crippen LogP contribution is -2.19. The molecule has 0 unspecified atom stereocenters. The fourth-order valence-electron chi connectivity index (χ4n) is 1.73. The van der Waals surface area contributed by atoms with Crippen LogP contribution in [0.4, 0.5) is 0 Å². The Hall–Kier alpha value is -0.0300. The minimum absolute atomic E-state index is 0.212. The van der Waals surface area contributed by atoms with Gasteiger partial charge in [0.2, 0.25) is 0 Å². The van der Waals surface area contributed by atoms with Crippen LogP contribution in [0.1, 0.15) is 20.3 Å². The Morgan fingerprint density at radius 3 is 2.41 bits per heavy atom. The molecule has 0 amide bonds. The van der Waals surface area contributed by atoms with Crippen molar-refractivity contribution in [2.24, 2.45) is 0 Å². The van der Waals surface area contributed by atoms with E-state index in [-0.39, 0.29) is 16.9 Å². The summed E-state index contributed by atoms with van der Waals surface area (Å²) in [5.74, 6) is 0.342. The van der Waals surface area contributed by atoms with Crippen LogP contribution in [0.25, 0.3) is 0 Å². The Morgan fingerprint density at radius 1 is 1.35 bits per heavy atom. The van der Waals surface area contributed by atoms with Gasteiger partial charge in [-0.15, -0.1) is 11.8 Å². The maximum absolute atomic E-state index is 12.5. The summed E-state index contributed by atoms with van der Waals surface area (Å²) < 4.78 is 27.7. The lowest BCUT2D eigenvalue weighted by atomic mass is 10.2. The van der Waals surface area contributed by atoms with Crippen molar-refractivity contribution in [1.29, 1.82) is 0 Å². The molecule has 1 aliphatic rings. The predicted octanol–water partition coefficient (Wildman–Crippen LogP) is 2.30. The number of rotatable bonds is 6. The van der Waals surface area contributed by atoms with Crippen molar-refractivity contribution in [2.45, 2.75) is 31.2 Å². The molecule has 17 heavy (non-hydrogen) atoms. The number of ether oxygens (including phenoxy) is 1. The summed E-state index contributed by atoms with van der Waals surface area (Å²) in [6, 6.07) is 0. The molecule has 1 fully saturated rings. The summed E-state index contributed by atoms with van der Waals surface area (Å²) in [5.41, 5.74) is -0.212. The van der Waals surface area contributed by atoms with Gasteiger partial charge in [0, 0.05) is 5.75 Å².